The molecule has 0 radical (unpaired) electrons. The number of benzene rings is 1. The summed E-state index contributed by atoms with van der Waals surface area (Å²) in [5.41, 5.74) is 8.65. The molecule has 2 N–H and O–H groups in total. The standard InChI is InChI=1S/C14H16FN3/c1-9-7-10(2)18-14(17-9)6-4-11-3-5-12(15)13(16)8-11/h3,5,7-8H,4,6,16H2,1-2H3. The summed E-state index contributed by atoms with van der Waals surface area (Å²) in [4.78, 5) is 8.75. The van der Waals surface area contributed by atoms with E-state index in [9.17, 15) is 4.39 Å². The first-order valence-electron chi connectivity index (χ1n) is 5.89. The molecule has 0 amide bonds. The average molecular weight is 245 g/mol. The van der Waals surface area contributed by atoms with Gasteiger partial charge in [0.05, 0.1) is 5.69 Å². The molecule has 0 aliphatic carbocycles. The molecule has 0 aliphatic heterocycles. The summed E-state index contributed by atoms with van der Waals surface area (Å²) >= 11 is 0. The molecule has 2 aromatic rings. The lowest BCUT2D eigenvalue weighted by atomic mass is 10.1. The number of hydrogen-bond acceptors (Lipinski definition) is 3. The summed E-state index contributed by atoms with van der Waals surface area (Å²) in [5, 5.41) is 0. The van der Waals surface area contributed by atoms with Crippen LogP contribution in [0, 0.1) is 19.7 Å². The van der Waals surface area contributed by atoms with Crippen molar-refractivity contribution in [1.29, 1.82) is 0 Å². The highest BCUT2D eigenvalue weighted by molar-refractivity contribution is 5.42. The SMILES string of the molecule is Cc1cc(C)nc(CCc2ccc(F)c(N)c2)n1. The molecular formula is C14H16FN3. The smallest absolute Gasteiger partial charge is 0.146 e. The Morgan fingerprint density at radius 2 is 1.72 bits per heavy atom. The molecule has 0 fully saturated rings. The third-order valence-electron chi connectivity index (χ3n) is 2.73. The topological polar surface area (TPSA) is 51.8 Å². The summed E-state index contributed by atoms with van der Waals surface area (Å²) in [5.74, 6) is 0.441. The minimum atomic E-state index is -0.374. The van der Waals surface area contributed by atoms with Crippen LogP contribution in [0.3, 0.4) is 0 Å². The maximum absolute atomic E-state index is 13.0. The molecule has 1 aromatic heterocycles. The van der Waals surface area contributed by atoms with Gasteiger partial charge < -0.3 is 5.73 Å². The Morgan fingerprint density at radius 3 is 2.33 bits per heavy atom. The van der Waals surface area contributed by atoms with E-state index in [0.29, 0.717) is 0 Å². The third-order valence-corrected chi connectivity index (χ3v) is 2.73. The molecule has 0 saturated heterocycles. The van der Waals surface area contributed by atoms with Crippen LogP contribution >= 0.6 is 0 Å². The van der Waals surface area contributed by atoms with Gasteiger partial charge in [0.15, 0.2) is 0 Å². The van der Waals surface area contributed by atoms with Crippen molar-refractivity contribution in [2.75, 3.05) is 5.73 Å². The van der Waals surface area contributed by atoms with Crippen molar-refractivity contribution in [3.8, 4) is 0 Å². The monoisotopic (exact) mass is 245 g/mol. The molecule has 0 saturated carbocycles. The van der Waals surface area contributed by atoms with Gasteiger partial charge >= 0.3 is 0 Å². The van der Waals surface area contributed by atoms with Gasteiger partial charge in [-0.25, -0.2) is 14.4 Å². The lowest BCUT2D eigenvalue weighted by molar-refractivity contribution is 0.631. The molecule has 0 atom stereocenters. The van der Waals surface area contributed by atoms with Gasteiger partial charge in [0, 0.05) is 17.8 Å². The number of halogens is 1. The van der Waals surface area contributed by atoms with Crippen molar-refractivity contribution in [2.24, 2.45) is 0 Å². The van der Waals surface area contributed by atoms with E-state index in [0.717, 1.165) is 35.6 Å². The van der Waals surface area contributed by atoms with Crippen LogP contribution in [0.15, 0.2) is 24.3 Å². The van der Waals surface area contributed by atoms with E-state index >= 15 is 0 Å². The molecule has 1 aromatic carbocycles. The van der Waals surface area contributed by atoms with Crippen LogP contribution in [0.4, 0.5) is 10.1 Å². The quantitative estimate of drug-likeness (QED) is 0.846. The lowest BCUT2D eigenvalue weighted by Crippen LogP contribution is -2.02. The van der Waals surface area contributed by atoms with Gasteiger partial charge in [-0.1, -0.05) is 6.07 Å². The highest BCUT2D eigenvalue weighted by Gasteiger charge is 2.03. The van der Waals surface area contributed by atoms with Crippen LogP contribution in [0.1, 0.15) is 22.8 Å². The van der Waals surface area contributed by atoms with E-state index in [4.69, 9.17) is 5.73 Å². The number of nitrogen functional groups attached to an aromatic ring is 1. The zero-order valence-corrected chi connectivity index (χ0v) is 10.6. The van der Waals surface area contributed by atoms with Crippen molar-refractivity contribution in [3.63, 3.8) is 0 Å². The molecule has 18 heavy (non-hydrogen) atoms. The maximum atomic E-state index is 13.0. The van der Waals surface area contributed by atoms with Crippen LogP contribution in [0.5, 0.6) is 0 Å². The second-order valence-electron chi connectivity index (χ2n) is 4.42. The molecule has 0 spiro atoms. The van der Waals surface area contributed by atoms with Crippen LogP contribution in [-0.4, -0.2) is 9.97 Å². The normalized spacial score (nSPS) is 10.6. The van der Waals surface area contributed by atoms with Gasteiger partial charge in [0.25, 0.3) is 0 Å². The molecule has 94 valence electrons. The minimum Gasteiger partial charge on any atom is -0.396 e. The molecular weight excluding hydrogens is 229 g/mol. The second kappa shape index (κ2) is 5.12. The fourth-order valence-electron chi connectivity index (χ4n) is 1.92. The molecule has 4 heteroatoms. The maximum Gasteiger partial charge on any atom is 0.146 e. The Morgan fingerprint density at radius 1 is 1.06 bits per heavy atom. The van der Waals surface area contributed by atoms with E-state index in [2.05, 4.69) is 9.97 Å². The van der Waals surface area contributed by atoms with Crippen LogP contribution < -0.4 is 5.73 Å². The first-order chi connectivity index (χ1) is 8.54. The predicted molar refractivity (Wildman–Crippen MR) is 69.7 cm³/mol. The molecule has 1 heterocycles. The fourth-order valence-corrected chi connectivity index (χ4v) is 1.92. The van der Waals surface area contributed by atoms with E-state index in [1.165, 1.54) is 6.07 Å². The average Bonchev–Trinajstić information content (AvgIpc) is 2.29. The van der Waals surface area contributed by atoms with E-state index in [-0.39, 0.29) is 11.5 Å². The number of nitrogens with two attached hydrogens (primary N) is 1. The lowest BCUT2D eigenvalue weighted by Gasteiger charge is -2.05. The number of nitrogens with zero attached hydrogens (tertiary/aromatic N) is 2. The molecule has 2 rings (SSSR count). The molecule has 0 unspecified atom stereocenters. The van der Waals surface area contributed by atoms with Gasteiger partial charge in [-0.3, -0.25) is 0 Å². The summed E-state index contributed by atoms with van der Waals surface area (Å²) in [7, 11) is 0. The minimum absolute atomic E-state index is 0.189. The summed E-state index contributed by atoms with van der Waals surface area (Å²) < 4.78 is 13.0. The van der Waals surface area contributed by atoms with Crippen LogP contribution in [-0.2, 0) is 12.8 Å². The van der Waals surface area contributed by atoms with Crippen molar-refractivity contribution in [1.82, 2.24) is 9.97 Å². The van der Waals surface area contributed by atoms with Crippen molar-refractivity contribution in [3.05, 3.63) is 52.9 Å². The van der Waals surface area contributed by atoms with Gasteiger partial charge in [0.2, 0.25) is 0 Å². The fraction of sp³-hybridized carbons (Fsp3) is 0.286. The van der Waals surface area contributed by atoms with Gasteiger partial charge in [-0.2, -0.15) is 0 Å². The highest BCUT2D eigenvalue weighted by Crippen LogP contribution is 2.14. The third kappa shape index (κ3) is 3.03. The largest absolute Gasteiger partial charge is 0.396 e. The Kier molecular flexibility index (Phi) is 3.55. The summed E-state index contributed by atoms with van der Waals surface area (Å²) in [6, 6.07) is 6.75. The van der Waals surface area contributed by atoms with Gasteiger partial charge in [-0.15, -0.1) is 0 Å². The van der Waals surface area contributed by atoms with Crippen molar-refractivity contribution < 1.29 is 4.39 Å². The number of rotatable bonds is 3. The number of aryl methyl sites for hydroxylation is 4. The molecule has 3 nitrogen and oxygen atoms in total. The number of anilines is 1. The number of hydrogen-bond donors (Lipinski definition) is 1. The first kappa shape index (κ1) is 12.5. The van der Waals surface area contributed by atoms with E-state index < -0.39 is 0 Å². The second-order valence-corrected chi connectivity index (χ2v) is 4.42. The number of aromatic nitrogens is 2. The molecule has 0 bridgehead atoms. The van der Waals surface area contributed by atoms with Gasteiger partial charge in [-0.05, 0) is 44.0 Å². The van der Waals surface area contributed by atoms with Crippen molar-refractivity contribution in [2.45, 2.75) is 26.7 Å². The highest BCUT2D eigenvalue weighted by atomic mass is 19.1. The zero-order chi connectivity index (χ0) is 13.1. The summed E-state index contributed by atoms with van der Waals surface area (Å²) in [6.07, 6.45) is 1.49. The van der Waals surface area contributed by atoms with Crippen LogP contribution in [0.25, 0.3) is 0 Å². The predicted octanol–water partition coefficient (Wildman–Crippen LogP) is 2.60. The summed E-state index contributed by atoms with van der Waals surface area (Å²) in [6.45, 7) is 3.90. The van der Waals surface area contributed by atoms with E-state index in [1.807, 2.05) is 19.9 Å². The molecule has 0 aliphatic rings. The van der Waals surface area contributed by atoms with Gasteiger partial charge in [0.1, 0.15) is 11.6 Å². The Balaban J connectivity index is 2.08. The van der Waals surface area contributed by atoms with Crippen LogP contribution in [0.2, 0.25) is 0 Å². The Bertz CT molecular complexity index is 547. The zero-order valence-electron chi connectivity index (χ0n) is 10.6. The first-order valence-corrected chi connectivity index (χ1v) is 5.89. The Labute approximate surface area is 106 Å². The Hall–Kier alpha value is -1.97. The van der Waals surface area contributed by atoms with E-state index in [1.54, 1.807) is 12.1 Å². The van der Waals surface area contributed by atoms with Crippen molar-refractivity contribution >= 4 is 5.69 Å².